The Kier molecular flexibility index (Phi) is 3.99. The van der Waals surface area contributed by atoms with Crippen LogP contribution >= 0.6 is 11.6 Å². The quantitative estimate of drug-likeness (QED) is 0.931. The summed E-state index contributed by atoms with van der Waals surface area (Å²) in [5, 5.41) is 0.754. The number of hydrogen-bond acceptors (Lipinski definition) is 2. The second kappa shape index (κ2) is 5.74. The molecule has 4 heteroatoms. The molecule has 2 atom stereocenters. The minimum Gasteiger partial charge on any atom is -0.330 e. The monoisotopic (exact) mass is 291 g/mol. The molecule has 1 fully saturated rings. The Morgan fingerprint density at radius 3 is 2.90 bits per heavy atom. The van der Waals surface area contributed by atoms with Crippen molar-refractivity contribution in [2.75, 3.05) is 6.54 Å². The van der Waals surface area contributed by atoms with Crippen molar-refractivity contribution in [1.29, 1.82) is 0 Å². The van der Waals surface area contributed by atoms with Gasteiger partial charge in [-0.2, -0.15) is 0 Å². The molecular formula is C16H22ClN3. The molecule has 1 aliphatic carbocycles. The summed E-state index contributed by atoms with van der Waals surface area (Å²) in [4.78, 5) is 4.89. The van der Waals surface area contributed by atoms with E-state index in [1.165, 1.54) is 37.0 Å². The zero-order valence-corrected chi connectivity index (χ0v) is 12.7. The van der Waals surface area contributed by atoms with Crippen LogP contribution in [0.2, 0.25) is 5.02 Å². The number of nitrogens with two attached hydrogens (primary N) is 1. The van der Waals surface area contributed by atoms with Gasteiger partial charge < -0.3 is 10.3 Å². The van der Waals surface area contributed by atoms with Crippen molar-refractivity contribution in [1.82, 2.24) is 9.55 Å². The maximum atomic E-state index is 6.10. The van der Waals surface area contributed by atoms with E-state index in [0.29, 0.717) is 11.8 Å². The zero-order chi connectivity index (χ0) is 14.1. The SMILES string of the molecule is CCn1c(C2CCCCC2CN)nc2cc(Cl)ccc21. The van der Waals surface area contributed by atoms with Gasteiger partial charge in [0.1, 0.15) is 5.82 Å². The first kappa shape index (κ1) is 13.9. The number of hydrogen-bond donors (Lipinski definition) is 1. The van der Waals surface area contributed by atoms with Crippen molar-refractivity contribution in [3.63, 3.8) is 0 Å². The molecule has 108 valence electrons. The molecule has 1 aliphatic rings. The molecule has 2 N–H and O–H groups in total. The number of halogens is 1. The number of imidazole rings is 1. The number of benzene rings is 1. The van der Waals surface area contributed by atoms with E-state index < -0.39 is 0 Å². The van der Waals surface area contributed by atoms with E-state index in [2.05, 4.69) is 17.6 Å². The maximum absolute atomic E-state index is 6.10. The number of aryl methyl sites for hydroxylation is 1. The van der Waals surface area contributed by atoms with Crippen LogP contribution in [0.1, 0.15) is 44.3 Å². The van der Waals surface area contributed by atoms with Gasteiger partial charge in [-0.1, -0.05) is 24.4 Å². The van der Waals surface area contributed by atoms with Gasteiger partial charge in [-0.25, -0.2) is 4.98 Å². The highest BCUT2D eigenvalue weighted by molar-refractivity contribution is 6.31. The molecular weight excluding hydrogens is 270 g/mol. The lowest BCUT2D eigenvalue weighted by atomic mass is 9.78. The summed E-state index contributed by atoms with van der Waals surface area (Å²) >= 11 is 6.10. The minimum absolute atomic E-state index is 0.500. The summed E-state index contributed by atoms with van der Waals surface area (Å²) in [7, 11) is 0. The first-order valence-electron chi connectivity index (χ1n) is 7.60. The lowest BCUT2D eigenvalue weighted by Gasteiger charge is -2.30. The first-order valence-corrected chi connectivity index (χ1v) is 7.98. The van der Waals surface area contributed by atoms with Crippen LogP contribution in [-0.2, 0) is 6.54 Å². The Labute approximate surface area is 125 Å². The van der Waals surface area contributed by atoms with E-state index in [-0.39, 0.29) is 0 Å². The van der Waals surface area contributed by atoms with Gasteiger partial charge >= 0.3 is 0 Å². The predicted molar refractivity (Wildman–Crippen MR) is 84.2 cm³/mol. The molecule has 3 nitrogen and oxygen atoms in total. The van der Waals surface area contributed by atoms with Gasteiger partial charge in [0.05, 0.1) is 11.0 Å². The fourth-order valence-corrected chi connectivity index (χ4v) is 3.73. The van der Waals surface area contributed by atoms with E-state index in [1.807, 2.05) is 12.1 Å². The van der Waals surface area contributed by atoms with Gasteiger partial charge in [0.25, 0.3) is 0 Å². The largest absolute Gasteiger partial charge is 0.330 e. The molecule has 0 saturated heterocycles. The van der Waals surface area contributed by atoms with Crippen molar-refractivity contribution < 1.29 is 0 Å². The Morgan fingerprint density at radius 2 is 2.15 bits per heavy atom. The highest BCUT2D eigenvalue weighted by atomic mass is 35.5. The van der Waals surface area contributed by atoms with Crippen LogP contribution < -0.4 is 5.73 Å². The summed E-state index contributed by atoms with van der Waals surface area (Å²) in [6.45, 7) is 3.89. The number of aromatic nitrogens is 2. The summed E-state index contributed by atoms with van der Waals surface area (Å²) < 4.78 is 2.34. The Hall–Kier alpha value is -1.06. The summed E-state index contributed by atoms with van der Waals surface area (Å²) in [6.07, 6.45) is 5.03. The molecule has 2 aromatic rings. The van der Waals surface area contributed by atoms with Gasteiger partial charge in [0, 0.05) is 17.5 Å². The third-order valence-electron chi connectivity index (χ3n) is 4.60. The molecule has 1 saturated carbocycles. The summed E-state index contributed by atoms with van der Waals surface area (Å²) in [6, 6.07) is 5.99. The predicted octanol–water partition coefficient (Wildman–Crippen LogP) is 3.94. The molecule has 0 radical (unpaired) electrons. The number of fused-ring (bicyclic) bond motifs is 1. The fraction of sp³-hybridized carbons (Fsp3) is 0.562. The molecule has 0 bridgehead atoms. The van der Waals surface area contributed by atoms with Crippen molar-refractivity contribution in [3.8, 4) is 0 Å². The van der Waals surface area contributed by atoms with Gasteiger partial charge in [-0.05, 0) is 50.4 Å². The van der Waals surface area contributed by atoms with Gasteiger partial charge in [0.15, 0.2) is 0 Å². The molecule has 20 heavy (non-hydrogen) atoms. The molecule has 1 aromatic heterocycles. The molecule has 1 aromatic carbocycles. The topological polar surface area (TPSA) is 43.8 Å². The molecule has 3 rings (SSSR count). The lowest BCUT2D eigenvalue weighted by molar-refractivity contribution is 0.299. The number of nitrogens with zero attached hydrogens (tertiary/aromatic N) is 2. The van der Waals surface area contributed by atoms with Crippen LogP contribution in [0.4, 0.5) is 0 Å². The van der Waals surface area contributed by atoms with E-state index in [4.69, 9.17) is 22.3 Å². The number of rotatable bonds is 3. The van der Waals surface area contributed by atoms with Gasteiger partial charge in [-0.3, -0.25) is 0 Å². The van der Waals surface area contributed by atoms with Crippen molar-refractivity contribution >= 4 is 22.6 Å². The Balaban J connectivity index is 2.09. The minimum atomic E-state index is 0.500. The molecule has 0 aliphatic heterocycles. The standard InChI is InChI=1S/C16H22ClN3/c1-2-20-15-8-7-12(17)9-14(15)19-16(20)13-6-4-3-5-11(13)10-18/h7-9,11,13H,2-6,10,18H2,1H3. The second-order valence-electron chi connectivity index (χ2n) is 5.73. The van der Waals surface area contributed by atoms with Crippen molar-refractivity contribution in [2.24, 2.45) is 11.7 Å². The van der Waals surface area contributed by atoms with Crippen LogP contribution in [-0.4, -0.2) is 16.1 Å². The average molecular weight is 292 g/mol. The molecule has 0 spiro atoms. The molecule has 0 amide bonds. The first-order chi connectivity index (χ1) is 9.74. The van der Waals surface area contributed by atoms with Crippen LogP contribution in [0.15, 0.2) is 18.2 Å². The van der Waals surface area contributed by atoms with Crippen molar-refractivity contribution in [3.05, 3.63) is 29.0 Å². The van der Waals surface area contributed by atoms with E-state index in [1.54, 1.807) is 0 Å². The maximum Gasteiger partial charge on any atom is 0.113 e. The smallest absolute Gasteiger partial charge is 0.113 e. The Morgan fingerprint density at radius 1 is 1.35 bits per heavy atom. The third-order valence-corrected chi connectivity index (χ3v) is 4.83. The van der Waals surface area contributed by atoms with Crippen LogP contribution in [0.3, 0.4) is 0 Å². The molecule has 2 unspecified atom stereocenters. The van der Waals surface area contributed by atoms with Crippen LogP contribution in [0.25, 0.3) is 11.0 Å². The van der Waals surface area contributed by atoms with E-state index >= 15 is 0 Å². The normalized spacial score (nSPS) is 23.4. The fourth-order valence-electron chi connectivity index (χ4n) is 3.57. The van der Waals surface area contributed by atoms with Gasteiger partial charge in [-0.15, -0.1) is 0 Å². The second-order valence-corrected chi connectivity index (χ2v) is 6.17. The van der Waals surface area contributed by atoms with Crippen molar-refractivity contribution in [2.45, 2.75) is 45.1 Å². The van der Waals surface area contributed by atoms with Crippen LogP contribution in [0, 0.1) is 5.92 Å². The average Bonchev–Trinajstić information content (AvgIpc) is 2.84. The van der Waals surface area contributed by atoms with E-state index in [9.17, 15) is 0 Å². The highest BCUT2D eigenvalue weighted by Crippen LogP contribution is 2.38. The Bertz CT molecular complexity index is 605. The lowest BCUT2D eigenvalue weighted by Crippen LogP contribution is -2.27. The summed E-state index contributed by atoms with van der Waals surface area (Å²) in [5.74, 6) is 2.28. The van der Waals surface area contributed by atoms with Crippen LogP contribution in [0.5, 0.6) is 0 Å². The zero-order valence-electron chi connectivity index (χ0n) is 12.0. The highest BCUT2D eigenvalue weighted by Gasteiger charge is 2.29. The summed E-state index contributed by atoms with van der Waals surface area (Å²) in [5.41, 5.74) is 8.18. The molecule has 1 heterocycles. The van der Waals surface area contributed by atoms with E-state index in [0.717, 1.165) is 23.6 Å². The van der Waals surface area contributed by atoms with Gasteiger partial charge in [0.2, 0.25) is 0 Å². The third kappa shape index (κ3) is 2.33.